The second kappa shape index (κ2) is 3.52. The summed E-state index contributed by atoms with van der Waals surface area (Å²) in [6.07, 6.45) is 0.916. The highest BCUT2D eigenvalue weighted by Gasteiger charge is 2.39. The predicted molar refractivity (Wildman–Crippen MR) is 50.5 cm³/mol. The number of halogens is 3. The summed E-state index contributed by atoms with van der Waals surface area (Å²) in [4.78, 5) is 0. The van der Waals surface area contributed by atoms with Crippen LogP contribution in [-0.4, -0.2) is 0 Å². The molecule has 3 unspecified atom stereocenters. The minimum absolute atomic E-state index is 0.0725. The second-order valence-corrected chi connectivity index (χ2v) is 4.19. The van der Waals surface area contributed by atoms with Crippen LogP contribution in [0.1, 0.15) is 24.9 Å². The van der Waals surface area contributed by atoms with Crippen LogP contribution in [0, 0.1) is 29.3 Å². The van der Waals surface area contributed by atoms with Gasteiger partial charge in [0.2, 0.25) is 0 Å². The van der Waals surface area contributed by atoms with Gasteiger partial charge in [-0.15, -0.1) is 0 Å². The Morgan fingerprint density at radius 3 is 2.27 bits per heavy atom. The van der Waals surface area contributed by atoms with Gasteiger partial charge in [-0.3, -0.25) is 0 Å². The van der Waals surface area contributed by atoms with Gasteiger partial charge in [-0.1, -0.05) is 6.92 Å². The zero-order valence-corrected chi connectivity index (χ0v) is 8.31. The molecule has 0 bridgehead atoms. The van der Waals surface area contributed by atoms with Crippen molar-refractivity contribution in [3.05, 3.63) is 35.1 Å². The molecule has 1 aromatic carbocycles. The van der Waals surface area contributed by atoms with E-state index in [1.54, 1.807) is 0 Å². The number of hydrogen-bond acceptors (Lipinski definition) is 1. The Morgan fingerprint density at radius 1 is 1.20 bits per heavy atom. The zero-order valence-electron chi connectivity index (χ0n) is 8.31. The first-order valence-electron chi connectivity index (χ1n) is 4.90. The molecule has 1 saturated carbocycles. The van der Waals surface area contributed by atoms with Crippen LogP contribution in [0.15, 0.2) is 12.1 Å². The molecular formula is C11H12F3N. The summed E-state index contributed by atoms with van der Waals surface area (Å²) in [6.45, 7) is 2.00. The van der Waals surface area contributed by atoms with Crippen LogP contribution in [0.25, 0.3) is 0 Å². The lowest BCUT2D eigenvalue weighted by Gasteiger charge is -2.12. The average molecular weight is 215 g/mol. The standard InChI is InChI=1S/C11H12F3N/c1-5-2-6(5)11(15)7-3-9(13)10(14)4-8(7)12/h3-6,11H,2,15H2,1H3. The summed E-state index contributed by atoms with van der Waals surface area (Å²) in [5.74, 6) is -2.36. The highest BCUT2D eigenvalue weighted by molar-refractivity contribution is 5.25. The van der Waals surface area contributed by atoms with Gasteiger partial charge in [-0.05, 0) is 24.3 Å². The van der Waals surface area contributed by atoms with E-state index in [0.717, 1.165) is 12.5 Å². The first-order valence-corrected chi connectivity index (χ1v) is 4.90. The molecule has 0 amide bonds. The summed E-state index contributed by atoms with van der Waals surface area (Å²) in [6, 6.07) is 0.882. The molecular weight excluding hydrogens is 203 g/mol. The molecule has 1 aliphatic carbocycles. The Kier molecular flexibility index (Phi) is 2.46. The molecule has 1 aliphatic rings. The lowest BCUT2D eigenvalue weighted by molar-refractivity contribution is 0.475. The van der Waals surface area contributed by atoms with E-state index in [1.165, 1.54) is 0 Å². The summed E-state index contributed by atoms with van der Waals surface area (Å²) >= 11 is 0. The first-order chi connectivity index (χ1) is 7.00. The van der Waals surface area contributed by atoms with E-state index in [1.807, 2.05) is 6.92 Å². The number of nitrogens with two attached hydrogens (primary N) is 1. The molecule has 0 radical (unpaired) electrons. The number of rotatable bonds is 2. The van der Waals surface area contributed by atoms with Gasteiger partial charge >= 0.3 is 0 Å². The van der Waals surface area contributed by atoms with Gasteiger partial charge in [0.05, 0.1) is 0 Å². The van der Waals surface area contributed by atoms with Crippen LogP contribution in [0.4, 0.5) is 13.2 Å². The van der Waals surface area contributed by atoms with Crippen LogP contribution in [-0.2, 0) is 0 Å². The van der Waals surface area contributed by atoms with E-state index >= 15 is 0 Å². The van der Waals surface area contributed by atoms with Gasteiger partial charge in [0.15, 0.2) is 11.6 Å². The van der Waals surface area contributed by atoms with Crippen LogP contribution in [0.5, 0.6) is 0 Å². The van der Waals surface area contributed by atoms with Gasteiger partial charge in [-0.2, -0.15) is 0 Å². The van der Waals surface area contributed by atoms with E-state index in [0.29, 0.717) is 12.0 Å². The molecule has 1 fully saturated rings. The quantitative estimate of drug-likeness (QED) is 0.754. The van der Waals surface area contributed by atoms with Gasteiger partial charge in [-0.25, -0.2) is 13.2 Å². The van der Waals surface area contributed by atoms with E-state index in [4.69, 9.17) is 5.73 Å². The number of hydrogen-bond donors (Lipinski definition) is 1. The van der Waals surface area contributed by atoms with E-state index < -0.39 is 23.5 Å². The molecule has 2 N–H and O–H groups in total. The van der Waals surface area contributed by atoms with E-state index in [-0.39, 0.29) is 11.5 Å². The lowest BCUT2D eigenvalue weighted by Crippen LogP contribution is -2.16. The van der Waals surface area contributed by atoms with E-state index in [2.05, 4.69) is 0 Å². The third-order valence-corrected chi connectivity index (χ3v) is 3.03. The molecule has 1 nitrogen and oxygen atoms in total. The maximum absolute atomic E-state index is 13.3. The molecule has 0 saturated heterocycles. The van der Waals surface area contributed by atoms with Crippen LogP contribution in [0.2, 0.25) is 0 Å². The summed E-state index contributed by atoms with van der Waals surface area (Å²) < 4.78 is 38.9. The molecule has 4 heteroatoms. The molecule has 2 rings (SSSR count). The van der Waals surface area contributed by atoms with Crippen molar-refractivity contribution in [1.82, 2.24) is 0 Å². The first kappa shape index (κ1) is 10.5. The van der Waals surface area contributed by atoms with Crippen LogP contribution in [0.3, 0.4) is 0 Å². The van der Waals surface area contributed by atoms with Crippen molar-refractivity contribution in [2.45, 2.75) is 19.4 Å². The Morgan fingerprint density at radius 2 is 1.73 bits per heavy atom. The zero-order chi connectivity index (χ0) is 11.2. The molecule has 0 aliphatic heterocycles. The van der Waals surface area contributed by atoms with Gasteiger partial charge in [0, 0.05) is 17.7 Å². The Bertz CT molecular complexity index is 392. The Balaban J connectivity index is 2.31. The van der Waals surface area contributed by atoms with Crippen molar-refractivity contribution in [1.29, 1.82) is 0 Å². The van der Waals surface area contributed by atoms with Crippen molar-refractivity contribution in [2.75, 3.05) is 0 Å². The van der Waals surface area contributed by atoms with Gasteiger partial charge in [0.25, 0.3) is 0 Å². The monoisotopic (exact) mass is 215 g/mol. The van der Waals surface area contributed by atoms with Crippen molar-refractivity contribution < 1.29 is 13.2 Å². The van der Waals surface area contributed by atoms with Crippen molar-refractivity contribution in [2.24, 2.45) is 17.6 Å². The molecule has 82 valence electrons. The molecule has 0 aromatic heterocycles. The molecule has 1 aromatic rings. The fraction of sp³-hybridized carbons (Fsp3) is 0.455. The topological polar surface area (TPSA) is 26.0 Å². The van der Waals surface area contributed by atoms with Gasteiger partial charge in [0.1, 0.15) is 5.82 Å². The summed E-state index contributed by atoms with van der Waals surface area (Å²) in [7, 11) is 0. The Hall–Kier alpha value is -1.03. The molecule has 15 heavy (non-hydrogen) atoms. The van der Waals surface area contributed by atoms with E-state index in [9.17, 15) is 13.2 Å². The average Bonchev–Trinajstić information content (AvgIpc) is 2.88. The fourth-order valence-corrected chi connectivity index (χ4v) is 1.88. The third-order valence-electron chi connectivity index (χ3n) is 3.03. The third kappa shape index (κ3) is 1.86. The van der Waals surface area contributed by atoms with Crippen molar-refractivity contribution in [3.8, 4) is 0 Å². The predicted octanol–water partition coefficient (Wildman–Crippen LogP) is 2.76. The molecule has 0 spiro atoms. The Labute approximate surface area is 86.1 Å². The normalized spacial score (nSPS) is 26.5. The highest BCUT2D eigenvalue weighted by atomic mass is 19.2. The minimum atomic E-state index is -1.17. The highest BCUT2D eigenvalue weighted by Crippen LogP contribution is 2.46. The SMILES string of the molecule is CC1CC1C(N)c1cc(F)c(F)cc1F. The van der Waals surface area contributed by atoms with Crippen LogP contribution >= 0.6 is 0 Å². The van der Waals surface area contributed by atoms with Crippen molar-refractivity contribution >= 4 is 0 Å². The van der Waals surface area contributed by atoms with Crippen LogP contribution < -0.4 is 5.73 Å². The fourth-order valence-electron chi connectivity index (χ4n) is 1.88. The molecule has 0 heterocycles. The maximum atomic E-state index is 13.3. The second-order valence-electron chi connectivity index (χ2n) is 4.19. The smallest absolute Gasteiger partial charge is 0.161 e. The maximum Gasteiger partial charge on any atom is 0.161 e. The van der Waals surface area contributed by atoms with Gasteiger partial charge < -0.3 is 5.73 Å². The number of benzene rings is 1. The molecule has 3 atom stereocenters. The lowest BCUT2D eigenvalue weighted by atomic mass is 10.0. The summed E-state index contributed by atoms with van der Waals surface area (Å²) in [5.41, 5.74) is 5.85. The minimum Gasteiger partial charge on any atom is -0.324 e. The van der Waals surface area contributed by atoms with Crippen molar-refractivity contribution in [3.63, 3.8) is 0 Å². The largest absolute Gasteiger partial charge is 0.324 e. The summed E-state index contributed by atoms with van der Waals surface area (Å²) in [5, 5.41) is 0.